The van der Waals surface area contributed by atoms with Crippen LogP contribution in [-0.2, 0) is 4.74 Å². The number of fused-ring (bicyclic) bond motifs is 1. The first-order valence-electron chi connectivity index (χ1n) is 6.89. The van der Waals surface area contributed by atoms with Gasteiger partial charge in [0, 0.05) is 11.6 Å². The van der Waals surface area contributed by atoms with Gasteiger partial charge in [0.05, 0.1) is 17.8 Å². The molecule has 0 N–H and O–H groups in total. The van der Waals surface area contributed by atoms with Gasteiger partial charge in [-0.1, -0.05) is 0 Å². The summed E-state index contributed by atoms with van der Waals surface area (Å²) in [7, 11) is 0. The highest BCUT2D eigenvalue weighted by Gasteiger charge is 2.35. The van der Waals surface area contributed by atoms with Gasteiger partial charge in [-0.3, -0.25) is 4.98 Å². The summed E-state index contributed by atoms with van der Waals surface area (Å²) in [4.78, 5) is 17.8. The van der Waals surface area contributed by atoms with Gasteiger partial charge in [0.25, 0.3) is 0 Å². The number of thiophene rings is 1. The number of likely N-dealkylation sites (tertiary alicyclic amines) is 1. The number of carbonyl (C=O) groups excluding carboxylic acids is 1. The highest BCUT2D eigenvalue weighted by atomic mass is 32.1. The van der Waals surface area contributed by atoms with E-state index in [9.17, 15) is 4.79 Å². The number of hydrogen-bond acceptors (Lipinski definition) is 5. The largest absolute Gasteiger partial charge is 0.484 e. The summed E-state index contributed by atoms with van der Waals surface area (Å²) in [6.07, 6.45) is 1.49. The first-order chi connectivity index (χ1) is 9.92. The smallest absolute Gasteiger partial charge is 0.410 e. The van der Waals surface area contributed by atoms with E-state index in [1.54, 1.807) is 22.4 Å². The normalized spacial score (nSPS) is 15.9. The van der Waals surface area contributed by atoms with E-state index < -0.39 is 5.60 Å². The Labute approximate surface area is 127 Å². The lowest BCUT2D eigenvalue weighted by Gasteiger charge is -2.39. The van der Waals surface area contributed by atoms with E-state index >= 15 is 0 Å². The third-order valence-corrected chi connectivity index (χ3v) is 4.01. The van der Waals surface area contributed by atoms with Crippen molar-refractivity contribution in [3.63, 3.8) is 0 Å². The van der Waals surface area contributed by atoms with Crippen molar-refractivity contribution < 1.29 is 14.3 Å². The molecule has 0 atom stereocenters. The lowest BCUT2D eigenvalue weighted by atomic mass is 10.1. The van der Waals surface area contributed by atoms with E-state index in [4.69, 9.17) is 9.47 Å². The maximum absolute atomic E-state index is 11.8. The van der Waals surface area contributed by atoms with Crippen LogP contribution in [0.2, 0.25) is 0 Å². The number of carbonyl (C=O) groups is 1. The van der Waals surface area contributed by atoms with Crippen molar-refractivity contribution in [2.45, 2.75) is 32.5 Å². The number of nitrogens with zero attached hydrogens (tertiary/aromatic N) is 2. The van der Waals surface area contributed by atoms with Gasteiger partial charge in [-0.2, -0.15) is 0 Å². The molecule has 1 amide bonds. The lowest BCUT2D eigenvalue weighted by molar-refractivity contribution is -0.0217. The highest BCUT2D eigenvalue weighted by molar-refractivity contribution is 7.17. The third kappa shape index (κ3) is 3.10. The molecular weight excluding hydrogens is 288 g/mol. The Bertz CT molecular complexity index is 656. The number of hydrogen-bond donors (Lipinski definition) is 0. The van der Waals surface area contributed by atoms with E-state index in [1.807, 2.05) is 38.3 Å². The molecule has 0 radical (unpaired) electrons. The highest BCUT2D eigenvalue weighted by Crippen LogP contribution is 2.32. The van der Waals surface area contributed by atoms with Crippen molar-refractivity contribution in [1.29, 1.82) is 0 Å². The molecule has 21 heavy (non-hydrogen) atoms. The Hall–Kier alpha value is -1.82. The standard InChI is InChI=1S/C15H18N2O3S/c1-15(2,3)20-14(18)17-7-10(8-17)19-11-9-21-12-5-4-6-16-13(11)12/h4-6,9-10H,7-8H2,1-3H3. The van der Waals surface area contributed by atoms with Gasteiger partial charge in [-0.05, 0) is 32.9 Å². The molecule has 1 aliphatic rings. The topological polar surface area (TPSA) is 51.7 Å². The van der Waals surface area contributed by atoms with Crippen molar-refractivity contribution in [2.75, 3.05) is 13.1 Å². The van der Waals surface area contributed by atoms with Crippen LogP contribution in [0.3, 0.4) is 0 Å². The summed E-state index contributed by atoms with van der Waals surface area (Å²) >= 11 is 1.61. The first-order valence-corrected chi connectivity index (χ1v) is 7.77. The molecule has 5 nitrogen and oxygen atoms in total. The summed E-state index contributed by atoms with van der Waals surface area (Å²) in [5.74, 6) is 0.796. The Morgan fingerprint density at radius 3 is 2.90 bits per heavy atom. The molecule has 0 aromatic carbocycles. The van der Waals surface area contributed by atoms with E-state index in [-0.39, 0.29) is 12.2 Å². The number of aromatic nitrogens is 1. The van der Waals surface area contributed by atoms with Gasteiger partial charge in [0.15, 0.2) is 5.75 Å². The first kappa shape index (κ1) is 14.1. The molecular formula is C15H18N2O3S. The third-order valence-electron chi connectivity index (χ3n) is 3.09. The Morgan fingerprint density at radius 2 is 2.19 bits per heavy atom. The fraction of sp³-hybridized carbons (Fsp3) is 0.467. The Morgan fingerprint density at radius 1 is 1.43 bits per heavy atom. The lowest BCUT2D eigenvalue weighted by Crippen LogP contribution is -2.57. The minimum Gasteiger partial charge on any atom is -0.484 e. The average molecular weight is 306 g/mol. The van der Waals surface area contributed by atoms with Crippen molar-refractivity contribution in [1.82, 2.24) is 9.88 Å². The molecule has 1 aliphatic heterocycles. The van der Waals surface area contributed by atoms with E-state index in [1.165, 1.54) is 0 Å². The van der Waals surface area contributed by atoms with Crippen LogP contribution in [0.25, 0.3) is 10.2 Å². The minimum atomic E-state index is -0.462. The molecule has 6 heteroatoms. The molecule has 3 heterocycles. The molecule has 1 saturated heterocycles. The molecule has 112 valence electrons. The van der Waals surface area contributed by atoms with Crippen molar-refractivity contribution in [3.8, 4) is 5.75 Å². The van der Waals surface area contributed by atoms with Crippen LogP contribution in [0.1, 0.15) is 20.8 Å². The van der Waals surface area contributed by atoms with Gasteiger partial charge >= 0.3 is 6.09 Å². The maximum atomic E-state index is 11.8. The minimum absolute atomic E-state index is 0.0114. The monoisotopic (exact) mass is 306 g/mol. The molecule has 0 saturated carbocycles. The van der Waals surface area contributed by atoms with Crippen LogP contribution >= 0.6 is 11.3 Å². The number of rotatable bonds is 2. The SMILES string of the molecule is CC(C)(C)OC(=O)N1CC(Oc2csc3cccnc23)C1. The zero-order chi connectivity index (χ0) is 15.0. The van der Waals surface area contributed by atoms with Gasteiger partial charge in [-0.15, -0.1) is 11.3 Å². The summed E-state index contributed by atoms with van der Waals surface area (Å²) < 4.78 is 12.3. The number of amides is 1. The van der Waals surface area contributed by atoms with Crippen LogP contribution in [-0.4, -0.2) is 40.8 Å². The Kier molecular flexibility index (Phi) is 3.49. The van der Waals surface area contributed by atoms with E-state index in [0.29, 0.717) is 13.1 Å². The van der Waals surface area contributed by atoms with Gasteiger partial charge in [-0.25, -0.2) is 4.79 Å². The van der Waals surface area contributed by atoms with Crippen molar-refractivity contribution in [2.24, 2.45) is 0 Å². The van der Waals surface area contributed by atoms with Crippen LogP contribution in [0.15, 0.2) is 23.7 Å². The predicted octanol–water partition coefficient (Wildman–Crippen LogP) is 3.29. The number of ether oxygens (including phenoxy) is 2. The quantitative estimate of drug-likeness (QED) is 0.854. The number of pyridine rings is 1. The summed E-state index contributed by atoms with van der Waals surface area (Å²) in [5.41, 5.74) is 0.425. The Balaban J connectivity index is 1.57. The van der Waals surface area contributed by atoms with Crippen molar-refractivity contribution in [3.05, 3.63) is 23.7 Å². The predicted molar refractivity (Wildman–Crippen MR) is 81.8 cm³/mol. The van der Waals surface area contributed by atoms with Gasteiger partial charge in [0.2, 0.25) is 0 Å². The van der Waals surface area contributed by atoms with Crippen LogP contribution < -0.4 is 4.74 Å². The zero-order valence-corrected chi connectivity index (χ0v) is 13.1. The molecule has 2 aromatic heterocycles. The fourth-order valence-electron chi connectivity index (χ4n) is 2.09. The molecule has 0 unspecified atom stereocenters. The average Bonchev–Trinajstić information content (AvgIpc) is 2.74. The molecule has 2 aromatic rings. The van der Waals surface area contributed by atoms with Gasteiger partial charge in [0.1, 0.15) is 17.2 Å². The van der Waals surface area contributed by atoms with Crippen LogP contribution in [0, 0.1) is 0 Å². The van der Waals surface area contributed by atoms with Crippen LogP contribution in [0.5, 0.6) is 5.75 Å². The zero-order valence-electron chi connectivity index (χ0n) is 12.3. The van der Waals surface area contributed by atoms with Crippen LogP contribution in [0.4, 0.5) is 4.79 Å². The van der Waals surface area contributed by atoms with Crippen molar-refractivity contribution >= 4 is 27.6 Å². The molecule has 0 spiro atoms. The molecule has 0 aliphatic carbocycles. The fourth-order valence-corrected chi connectivity index (χ4v) is 2.92. The second-order valence-corrected chi connectivity index (χ2v) is 6.99. The van der Waals surface area contributed by atoms with Gasteiger partial charge < -0.3 is 14.4 Å². The molecule has 0 bridgehead atoms. The maximum Gasteiger partial charge on any atom is 0.410 e. The molecule has 3 rings (SSSR count). The second-order valence-electron chi connectivity index (χ2n) is 6.08. The van der Waals surface area contributed by atoms with E-state index in [2.05, 4.69) is 4.98 Å². The summed E-state index contributed by atoms with van der Waals surface area (Å²) in [6.45, 7) is 6.70. The summed E-state index contributed by atoms with van der Waals surface area (Å²) in [6, 6.07) is 3.93. The van der Waals surface area contributed by atoms with E-state index in [0.717, 1.165) is 16.0 Å². The second kappa shape index (κ2) is 5.18. The molecule has 1 fully saturated rings. The summed E-state index contributed by atoms with van der Waals surface area (Å²) in [5, 5.41) is 1.97.